The topological polar surface area (TPSA) is 66.8 Å². The molecule has 1 amide bonds. The minimum atomic E-state index is -0.725. The molecule has 0 radical (unpaired) electrons. The van der Waals surface area contributed by atoms with Gasteiger partial charge in [-0.05, 0) is 49.3 Å². The minimum Gasteiger partial charge on any atom is -0.497 e. The third-order valence-electron chi connectivity index (χ3n) is 6.84. The van der Waals surface area contributed by atoms with Crippen LogP contribution in [0, 0.1) is 11.3 Å². The van der Waals surface area contributed by atoms with Crippen LogP contribution in [0.3, 0.4) is 0 Å². The van der Waals surface area contributed by atoms with Crippen molar-refractivity contribution >= 4 is 11.9 Å². The Balaban J connectivity index is 1.60. The molecule has 1 aromatic carbocycles. The first kappa shape index (κ1) is 16.4. The molecule has 4 rings (SSSR count). The smallest absolute Gasteiger partial charge is 0.311 e. The van der Waals surface area contributed by atoms with E-state index in [0.717, 1.165) is 43.4 Å². The van der Waals surface area contributed by atoms with E-state index in [1.165, 1.54) is 0 Å². The maximum absolute atomic E-state index is 13.4. The van der Waals surface area contributed by atoms with Crippen LogP contribution in [-0.2, 0) is 15.0 Å². The number of ether oxygens (including phenoxy) is 1. The summed E-state index contributed by atoms with van der Waals surface area (Å²) in [6.45, 7) is 0.979. The number of rotatable bonds is 4. The van der Waals surface area contributed by atoms with Gasteiger partial charge in [0.25, 0.3) is 0 Å². The second kappa shape index (κ2) is 5.75. The normalized spacial score (nSPS) is 29.8. The molecule has 0 aromatic heterocycles. The molecule has 1 saturated heterocycles. The van der Waals surface area contributed by atoms with Gasteiger partial charge in [-0.3, -0.25) is 9.59 Å². The second-order valence-electron chi connectivity index (χ2n) is 7.90. The quantitative estimate of drug-likeness (QED) is 0.913. The summed E-state index contributed by atoms with van der Waals surface area (Å²) in [5, 5.41) is 9.77. The van der Waals surface area contributed by atoms with Crippen LogP contribution in [0.15, 0.2) is 24.3 Å². The average Bonchev–Trinajstić information content (AvgIpc) is 3.12. The fourth-order valence-electron chi connectivity index (χ4n) is 5.16. The largest absolute Gasteiger partial charge is 0.497 e. The van der Waals surface area contributed by atoms with Crippen LogP contribution in [0.25, 0.3) is 0 Å². The van der Waals surface area contributed by atoms with Crippen LogP contribution in [0.5, 0.6) is 5.75 Å². The molecule has 3 fully saturated rings. The summed E-state index contributed by atoms with van der Waals surface area (Å²) in [6.07, 6.45) is 5.32. The number of amides is 1. The number of hydrogen-bond donors (Lipinski definition) is 1. The fourth-order valence-corrected chi connectivity index (χ4v) is 5.16. The third kappa shape index (κ3) is 2.28. The van der Waals surface area contributed by atoms with Gasteiger partial charge in [-0.2, -0.15) is 0 Å². The highest BCUT2D eigenvalue weighted by Crippen LogP contribution is 2.52. The average molecular weight is 343 g/mol. The molecule has 134 valence electrons. The van der Waals surface area contributed by atoms with E-state index in [-0.39, 0.29) is 11.8 Å². The number of carboxylic acids is 1. The van der Waals surface area contributed by atoms with Gasteiger partial charge in [-0.1, -0.05) is 25.0 Å². The van der Waals surface area contributed by atoms with Crippen molar-refractivity contribution in [1.82, 2.24) is 4.90 Å². The van der Waals surface area contributed by atoms with Crippen LogP contribution in [0.4, 0.5) is 0 Å². The molecule has 0 bridgehead atoms. The number of carbonyl (C=O) groups excluding carboxylic acids is 1. The number of carbonyl (C=O) groups is 2. The van der Waals surface area contributed by atoms with E-state index in [9.17, 15) is 14.7 Å². The van der Waals surface area contributed by atoms with Crippen molar-refractivity contribution in [1.29, 1.82) is 0 Å². The summed E-state index contributed by atoms with van der Waals surface area (Å²) in [5.74, 6) is 0.296. The molecular formula is C20H25NO4. The zero-order chi connectivity index (χ0) is 17.7. The van der Waals surface area contributed by atoms with E-state index in [2.05, 4.69) is 0 Å². The summed E-state index contributed by atoms with van der Waals surface area (Å²) in [4.78, 5) is 27.1. The van der Waals surface area contributed by atoms with Gasteiger partial charge in [0.05, 0.1) is 17.9 Å². The predicted molar refractivity (Wildman–Crippen MR) is 92.5 cm³/mol. The molecule has 0 spiro atoms. The molecule has 3 aliphatic rings. The highest BCUT2D eigenvalue weighted by molar-refractivity contribution is 5.90. The lowest BCUT2D eigenvalue weighted by molar-refractivity contribution is -0.150. The van der Waals surface area contributed by atoms with Gasteiger partial charge < -0.3 is 14.7 Å². The fraction of sp³-hybridized carbons (Fsp3) is 0.600. The first-order chi connectivity index (χ1) is 12.0. The van der Waals surface area contributed by atoms with Crippen molar-refractivity contribution in [3.8, 4) is 5.75 Å². The number of aliphatic carboxylic acids is 1. The van der Waals surface area contributed by atoms with Crippen LogP contribution < -0.4 is 4.74 Å². The first-order valence-electron chi connectivity index (χ1n) is 9.19. The Labute approximate surface area is 148 Å². The van der Waals surface area contributed by atoms with Crippen molar-refractivity contribution < 1.29 is 19.4 Å². The lowest BCUT2D eigenvalue weighted by atomic mass is 9.63. The highest BCUT2D eigenvalue weighted by Gasteiger charge is 2.58. The predicted octanol–water partition coefficient (Wildman–Crippen LogP) is 2.83. The number of nitrogens with zero attached hydrogens (tertiary/aromatic N) is 1. The molecular weight excluding hydrogens is 318 g/mol. The van der Waals surface area contributed by atoms with Crippen LogP contribution in [0.2, 0.25) is 0 Å². The Bertz CT molecular complexity index is 694. The summed E-state index contributed by atoms with van der Waals surface area (Å²) in [7, 11) is 1.63. The lowest BCUT2D eigenvalue weighted by Crippen LogP contribution is -2.51. The van der Waals surface area contributed by atoms with Crippen molar-refractivity contribution in [2.75, 3.05) is 20.2 Å². The summed E-state index contributed by atoms with van der Waals surface area (Å²) in [5.41, 5.74) is -0.142. The summed E-state index contributed by atoms with van der Waals surface area (Å²) in [6, 6.07) is 7.78. The SMILES string of the molecule is COc1ccc(C2(C(=O)N3C[C@@H]4CCC[C@@]4(C(=O)O)C3)CCC2)cc1. The monoisotopic (exact) mass is 343 g/mol. The summed E-state index contributed by atoms with van der Waals surface area (Å²) >= 11 is 0. The van der Waals surface area contributed by atoms with Crippen LogP contribution >= 0.6 is 0 Å². The van der Waals surface area contributed by atoms with Gasteiger partial charge in [-0.15, -0.1) is 0 Å². The molecule has 5 heteroatoms. The van der Waals surface area contributed by atoms with Crippen molar-refractivity contribution in [3.05, 3.63) is 29.8 Å². The van der Waals surface area contributed by atoms with E-state index in [1.54, 1.807) is 7.11 Å². The summed E-state index contributed by atoms with van der Waals surface area (Å²) < 4.78 is 5.22. The highest BCUT2D eigenvalue weighted by atomic mass is 16.5. The number of hydrogen-bond acceptors (Lipinski definition) is 3. The van der Waals surface area contributed by atoms with E-state index in [0.29, 0.717) is 19.5 Å². The van der Waals surface area contributed by atoms with Gasteiger partial charge in [0.2, 0.25) is 5.91 Å². The zero-order valence-corrected chi connectivity index (χ0v) is 14.7. The molecule has 1 N–H and O–H groups in total. The third-order valence-corrected chi connectivity index (χ3v) is 6.84. The standard InChI is InChI=1S/C20H25NO4/c1-25-16-7-5-14(6-8-16)19(10-3-11-19)17(22)21-12-15-4-2-9-20(15,13-21)18(23)24/h5-8,15H,2-4,9-13H2,1H3,(H,23,24)/t15-,20+/m0/s1. The van der Waals surface area contributed by atoms with Gasteiger partial charge in [-0.25, -0.2) is 0 Å². The Morgan fingerprint density at radius 3 is 2.40 bits per heavy atom. The van der Waals surface area contributed by atoms with E-state index in [4.69, 9.17) is 4.74 Å². The molecule has 25 heavy (non-hydrogen) atoms. The Morgan fingerprint density at radius 1 is 1.16 bits per heavy atom. The van der Waals surface area contributed by atoms with E-state index in [1.807, 2.05) is 29.2 Å². The molecule has 2 aliphatic carbocycles. The van der Waals surface area contributed by atoms with Gasteiger partial charge in [0.1, 0.15) is 5.75 Å². The number of benzene rings is 1. The zero-order valence-electron chi connectivity index (χ0n) is 14.7. The van der Waals surface area contributed by atoms with Gasteiger partial charge in [0.15, 0.2) is 0 Å². The number of carboxylic acid groups (broad SMARTS) is 1. The maximum Gasteiger partial charge on any atom is 0.311 e. The van der Waals surface area contributed by atoms with Gasteiger partial charge >= 0.3 is 5.97 Å². The van der Waals surface area contributed by atoms with E-state index < -0.39 is 16.8 Å². The minimum absolute atomic E-state index is 0.113. The maximum atomic E-state index is 13.4. The molecule has 2 atom stereocenters. The Hall–Kier alpha value is -2.04. The van der Waals surface area contributed by atoms with Crippen molar-refractivity contribution in [2.24, 2.45) is 11.3 Å². The number of methoxy groups -OCH3 is 1. The van der Waals surface area contributed by atoms with Crippen molar-refractivity contribution in [3.63, 3.8) is 0 Å². The van der Waals surface area contributed by atoms with Gasteiger partial charge in [0, 0.05) is 13.1 Å². The molecule has 0 unspecified atom stereocenters. The second-order valence-corrected chi connectivity index (χ2v) is 7.90. The van der Waals surface area contributed by atoms with E-state index >= 15 is 0 Å². The Morgan fingerprint density at radius 2 is 1.88 bits per heavy atom. The van der Waals surface area contributed by atoms with Crippen LogP contribution in [0.1, 0.15) is 44.1 Å². The molecule has 2 saturated carbocycles. The first-order valence-corrected chi connectivity index (χ1v) is 9.19. The molecule has 5 nitrogen and oxygen atoms in total. The van der Waals surface area contributed by atoms with Crippen LogP contribution in [-0.4, -0.2) is 42.1 Å². The number of fused-ring (bicyclic) bond motifs is 1. The molecule has 1 aliphatic heterocycles. The van der Waals surface area contributed by atoms with Crippen molar-refractivity contribution in [2.45, 2.75) is 43.9 Å². The Kier molecular flexibility index (Phi) is 3.78. The lowest BCUT2D eigenvalue weighted by Gasteiger charge is -2.43. The molecule has 1 heterocycles. The number of likely N-dealkylation sites (tertiary alicyclic amines) is 1. The molecule has 1 aromatic rings.